The lowest BCUT2D eigenvalue weighted by Gasteiger charge is -2.10. The second-order valence-electron chi connectivity index (χ2n) is 6.29. The van der Waals surface area contributed by atoms with E-state index in [0.717, 1.165) is 16.7 Å². The third-order valence-corrected chi connectivity index (χ3v) is 4.50. The molecule has 0 atom stereocenters. The Morgan fingerprint density at radius 1 is 0.667 bits per heavy atom. The van der Waals surface area contributed by atoms with E-state index in [1.165, 1.54) is 12.1 Å². The fourth-order valence-corrected chi connectivity index (χ4v) is 2.95. The second kappa shape index (κ2) is 8.54. The zero-order valence-electron chi connectivity index (χ0n) is 14.8. The fourth-order valence-electron chi connectivity index (χ4n) is 2.95. The van der Waals surface area contributed by atoms with Crippen molar-refractivity contribution in [3.63, 3.8) is 0 Å². The average Bonchev–Trinajstić information content (AvgIpc) is 2.69. The highest BCUT2D eigenvalue weighted by Crippen LogP contribution is 2.31. The van der Waals surface area contributed by atoms with E-state index in [1.54, 1.807) is 24.3 Å². The van der Waals surface area contributed by atoms with Crippen molar-refractivity contribution in [1.82, 2.24) is 0 Å². The smallest absolute Gasteiger partial charge is 0.207 e. The molecule has 0 unspecified atom stereocenters. The first kappa shape index (κ1) is 18.7. The second-order valence-corrected chi connectivity index (χ2v) is 6.29. The number of benzene rings is 3. The first-order chi connectivity index (χ1) is 13.0. The van der Waals surface area contributed by atoms with Crippen molar-refractivity contribution in [2.75, 3.05) is 0 Å². The van der Waals surface area contributed by atoms with Crippen LogP contribution in [-0.2, 0) is 0 Å². The first-order valence-corrected chi connectivity index (χ1v) is 8.68. The highest BCUT2D eigenvalue weighted by Gasteiger charge is 2.11. The topological polar surface area (TPSA) is 0 Å². The van der Waals surface area contributed by atoms with Crippen LogP contribution in [0, 0.1) is 5.82 Å². The minimum atomic E-state index is -1.69. The maximum Gasteiger partial charge on any atom is 0.274 e. The minimum absolute atomic E-state index is 0.0119. The van der Waals surface area contributed by atoms with E-state index < -0.39 is 6.08 Å². The van der Waals surface area contributed by atoms with Crippen LogP contribution in [0.15, 0.2) is 91.5 Å². The largest absolute Gasteiger partial charge is 0.274 e. The van der Waals surface area contributed by atoms with Gasteiger partial charge in [-0.05, 0) is 52.8 Å². The Bertz CT molecular complexity index is 933. The van der Waals surface area contributed by atoms with Gasteiger partial charge in [-0.2, -0.15) is 8.78 Å². The van der Waals surface area contributed by atoms with Crippen LogP contribution >= 0.6 is 0 Å². The van der Waals surface area contributed by atoms with E-state index >= 15 is 0 Å². The molecule has 0 radical (unpaired) electrons. The molecule has 0 saturated heterocycles. The van der Waals surface area contributed by atoms with Crippen molar-refractivity contribution in [2.24, 2.45) is 0 Å². The Kier molecular flexibility index (Phi) is 5.92. The zero-order valence-corrected chi connectivity index (χ0v) is 14.8. The van der Waals surface area contributed by atoms with Crippen molar-refractivity contribution in [3.05, 3.63) is 108 Å². The molecule has 3 rings (SSSR count). The Balaban J connectivity index is 1.73. The lowest BCUT2D eigenvalue weighted by molar-refractivity contribution is 0.423. The summed E-state index contributed by atoms with van der Waals surface area (Å²) in [4.78, 5) is 0. The number of hydrogen-bond acceptors (Lipinski definition) is 0. The molecule has 0 spiro atoms. The van der Waals surface area contributed by atoms with E-state index in [2.05, 4.69) is 6.58 Å². The Labute approximate surface area is 157 Å². The van der Waals surface area contributed by atoms with Crippen molar-refractivity contribution in [3.8, 4) is 11.1 Å². The van der Waals surface area contributed by atoms with Gasteiger partial charge in [-0.3, -0.25) is 0 Å². The van der Waals surface area contributed by atoms with Gasteiger partial charge in [-0.1, -0.05) is 73.3 Å². The monoisotopic (exact) mass is 364 g/mol. The van der Waals surface area contributed by atoms with E-state index in [4.69, 9.17) is 0 Å². The van der Waals surface area contributed by atoms with Gasteiger partial charge in [-0.25, -0.2) is 4.39 Å². The summed E-state index contributed by atoms with van der Waals surface area (Å²) in [5.41, 5.74) is 4.00. The van der Waals surface area contributed by atoms with Crippen molar-refractivity contribution < 1.29 is 13.2 Å². The van der Waals surface area contributed by atoms with Gasteiger partial charge in [0.15, 0.2) is 0 Å². The third-order valence-electron chi connectivity index (χ3n) is 4.50. The molecule has 0 saturated carbocycles. The normalized spacial score (nSPS) is 10.5. The Hall–Kier alpha value is -3.07. The molecule has 136 valence electrons. The molecule has 27 heavy (non-hydrogen) atoms. The third kappa shape index (κ3) is 4.76. The van der Waals surface area contributed by atoms with Crippen molar-refractivity contribution in [2.45, 2.75) is 12.8 Å². The first-order valence-electron chi connectivity index (χ1n) is 8.68. The quantitative estimate of drug-likeness (QED) is 0.422. The van der Waals surface area contributed by atoms with Gasteiger partial charge >= 0.3 is 0 Å². The van der Waals surface area contributed by atoms with Gasteiger partial charge in [0, 0.05) is 5.57 Å². The van der Waals surface area contributed by atoms with Crippen LogP contribution in [0.25, 0.3) is 22.3 Å². The summed E-state index contributed by atoms with van der Waals surface area (Å²) in [5.74, 6) is -0.333. The average molecular weight is 364 g/mol. The van der Waals surface area contributed by atoms with Crippen molar-refractivity contribution >= 4 is 11.1 Å². The molecule has 0 bridgehead atoms. The zero-order chi connectivity index (χ0) is 19.2. The number of allylic oxidation sites excluding steroid dienone is 2. The van der Waals surface area contributed by atoms with Gasteiger partial charge in [-0.15, -0.1) is 0 Å². The minimum Gasteiger partial charge on any atom is -0.207 e. The van der Waals surface area contributed by atoms with Crippen LogP contribution in [0.4, 0.5) is 13.2 Å². The van der Waals surface area contributed by atoms with Crippen LogP contribution in [0.3, 0.4) is 0 Å². The van der Waals surface area contributed by atoms with Gasteiger partial charge < -0.3 is 0 Å². The molecule has 0 amide bonds. The summed E-state index contributed by atoms with van der Waals surface area (Å²) in [6.07, 6.45) is -1.14. The van der Waals surface area contributed by atoms with Crippen LogP contribution in [-0.4, -0.2) is 0 Å². The van der Waals surface area contributed by atoms with Gasteiger partial charge in [0.2, 0.25) is 0 Å². The molecule has 0 aromatic heterocycles. The molecule has 0 aliphatic heterocycles. The van der Waals surface area contributed by atoms with E-state index in [0.29, 0.717) is 17.6 Å². The predicted molar refractivity (Wildman–Crippen MR) is 106 cm³/mol. The van der Waals surface area contributed by atoms with Crippen LogP contribution in [0.1, 0.15) is 24.0 Å². The summed E-state index contributed by atoms with van der Waals surface area (Å²) in [7, 11) is 0. The summed E-state index contributed by atoms with van der Waals surface area (Å²) >= 11 is 0. The highest BCUT2D eigenvalue weighted by molar-refractivity contribution is 5.73. The van der Waals surface area contributed by atoms with Gasteiger partial charge in [0.25, 0.3) is 6.08 Å². The maximum absolute atomic E-state index is 13.5. The highest BCUT2D eigenvalue weighted by atomic mass is 19.3. The molecular weight excluding hydrogens is 345 g/mol. The van der Waals surface area contributed by atoms with E-state index in [9.17, 15) is 13.2 Å². The summed E-state index contributed by atoms with van der Waals surface area (Å²) in [6, 6.07) is 22.8. The Morgan fingerprint density at radius 3 is 1.81 bits per heavy atom. The van der Waals surface area contributed by atoms with E-state index in [1.807, 2.05) is 42.5 Å². The molecule has 0 N–H and O–H groups in total. The van der Waals surface area contributed by atoms with Crippen molar-refractivity contribution in [1.29, 1.82) is 0 Å². The summed E-state index contributed by atoms with van der Waals surface area (Å²) in [6.45, 7) is 3.94. The molecule has 0 nitrogen and oxygen atoms in total. The molecule has 3 heteroatoms. The van der Waals surface area contributed by atoms with Crippen LogP contribution in [0.5, 0.6) is 0 Å². The number of halogens is 3. The maximum atomic E-state index is 13.5. The fraction of sp³-hybridized carbons (Fsp3) is 0.0833. The Morgan fingerprint density at radius 2 is 1.22 bits per heavy atom. The number of rotatable bonds is 6. The molecule has 0 heterocycles. The van der Waals surface area contributed by atoms with Gasteiger partial charge in [0.1, 0.15) is 5.82 Å². The predicted octanol–water partition coefficient (Wildman–Crippen LogP) is 7.59. The molecule has 3 aromatic rings. The molecule has 0 aliphatic rings. The molecule has 3 aromatic carbocycles. The lowest BCUT2D eigenvalue weighted by Crippen LogP contribution is -1.90. The number of hydrogen-bond donors (Lipinski definition) is 0. The standard InChI is InChI=1S/C24H19F3/c1-17(18-12-14-22(25)15-13-18)7-16-23(24(26)27)21-10-8-20(9-11-21)19-5-3-2-4-6-19/h2-6,8-15H,1,7,16H2. The van der Waals surface area contributed by atoms with Crippen LogP contribution in [0.2, 0.25) is 0 Å². The molecular formula is C24H19F3. The SMILES string of the molecule is C=C(CCC(=C(F)F)c1ccc(-c2ccccc2)cc1)c1ccc(F)cc1. The van der Waals surface area contributed by atoms with Gasteiger partial charge in [0.05, 0.1) is 0 Å². The lowest BCUT2D eigenvalue weighted by atomic mass is 9.95. The summed E-state index contributed by atoms with van der Waals surface area (Å²) in [5, 5.41) is 0. The van der Waals surface area contributed by atoms with Crippen LogP contribution < -0.4 is 0 Å². The molecule has 0 aliphatic carbocycles. The molecule has 0 fully saturated rings. The summed E-state index contributed by atoms with van der Waals surface area (Å²) < 4.78 is 40.0. The van der Waals surface area contributed by atoms with E-state index in [-0.39, 0.29) is 17.8 Å².